The van der Waals surface area contributed by atoms with Gasteiger partial charge in [0.1, 0.15) is 17.7 Å². The Labute approximate surface area is 215 Å². The third kappa shape index (κ3) is 3.12. The Morgan fingerprint density at radius 2 is 1.87 bits per heavy atom. The molecule has 3 N–H and O–H groups in total. The number of carbonyl (C=O) groups excluding carboxylic acids is 1. The van der Waals surface area contributed by atoms with E-state index in [2.05, 4.69) is 46.3 Å². The van der Waals surface area contributed by atoms with Gasteiger partial charge in [0, 0.05) is 59.3 Å². The van der Waals surface area contributed by atoms with Gasteiger partial charge >= 0.3 is 0 Å². The van der Waals surface area contributed by atoms with Gasteiger partial charge in [0.2, 0.25) is 5.82 Å². The molecule has 0 aromatic carbocycles. The summed E-state index contributed by atoms with van der Waals surface area (Å²) in [6, 6.07) is 6.37. The van der Waals surface area contributed by atoms with Crippen molar-refractivity contribution in [1.82, 2.24) is 54.6 Å². The second-order valence-corrected chi connectivity index (χ2v) is 10.0. The number of nitrogens with zero attached hydrogens (tertiary/aromatic N) is 8. The molecular formula is C26H23N11O. The molecule has 6 aromatic heterocycles. The molecule has 0 aliphatic carbocycles. The van der Waals surface area contributed by atoms with Gasteiger partial charge < -0.3 is 14.9 Å². The van der Waals surface area contributed by atoms with Gasteiger partial charge in [0.05, 0.1) is 11.9 Å². The third-order valence-corrected chi connectivity index (χ3v) is 7.97. The van der Waals surface area contributed by atoms with Crippen LogP contribution >= 0.6 is 0 Å². The number of pyridine rings is 1. The molecule has 2 saturated heterocycles. The van der Waals surface area contributed by atoms with Crippen LogP contribution < -0.4 is 0 Å². The summed E-state index contributed by atoms with van der Waals surface area (Å²) in [5.41, 5.74) is 5.39. The molecule has 12 heteroatoms. The van der Waals surface area contributed by atoms with E-state index in [0.29, 0.717) is 5.82 Å². The van der Waals surface area contributed by atoms with Crippen LogP contribution in [-0.2, 0) is 0 Å². The molecule has 0 spiro atoms. The first-order valence-corrected chi connectivity index (χ1v) is 12.7. The molecule has 2 fully saturated rings. The summed E-state index contributed by atoms with van der Waals surface area (Å²) < 4.78 is 1.87. The SMILES string of the molecule is O=C(c1ncn[nH]1)N1C2CCC1CC(c1nc3c(-c4ccc(-c5ncc[nH]5)nc4)cnn3c3[nH]ccc13)C2. The minimum absolute atomic E-state index is 0.0628. The number of rotatable bonds is 4. The Bertz CT molecular complexity index is 1750. The fourth-order valence-electron chi connectivity index (χ4n) is 6.31. The van der Waals surface area contributed by atoms with Gasteiger partial charge in [-0.2, -0.15) is 14.7 Å². The monoisotopic (exact) mass is 505 g/mol. The summed E-state index contributed by atoms with van der Waals surface area (Å²) in [6.45, 7) is 0. The van der Waals surface area contributed by atoms with Crippen molar-refractivity contribution in [2.24, 2.45) is 0 Å². The van der Waals surface area contributed by atoms with Crippen molar-refractivity contribution >= 4 is 22.6 Å². The Morgan fingerprint density at radius 3 is 2.61 bits per heavy atom. The van der Waals surface area contributed by atoms with Gasteiger partial charge in [-0.1, -0.05) is 6.07 Å². The number of H-pyrrole nitrogens is 3. The van der Waals surface area contributed by atoms with Gasteiger partial charge in [-0.15, -0.1) is 0 Å². The molecule has 2 aliphatic rings. The standard InChI is InChI=1S/C26H23N11O/c38-26(23-31-13-32-35-23)36-16-2-3-17(36)10-15(9-16)21-18-5-6-29-24(18)37-25(34-21)19(12-33-37)14-1-4-20(30-11-14)22-27-7-8-28-22/h1,4-8,11-13,15-17,29H,2-3,9-10H2,(H,27,28)(H,31,32,35). The van der Waals surface area contributed by atoms with Crippen LogP contribution in [-0.4, -0.2) is 72.6 Å². The molecule has 0 radical (unpaired) electrons. The van der Waals surface area contributed by atoms with E-state index < -0.39 is 0 Å². The molecule has 38 heavy (non-hydrogen) atoms. The summed E-state index contributed by atoms with van der Waals surface area (Å²) >= 11 is 0. The lowest BCUT2D eigenvalue weighted by atomic mass is 9.86. The van der Waals surface area contributed by atoms with Crippen LogP contribution in [0.5, 0.6) is 0 Å². The third-order valence-electron chi connectivity index (χ3n) is 7.97. The number of carbonyl (C=O) groups is 1. The van der Waals surface area contributed by atoms with E-state index in [-0.39, 0.29) is 23.9 Å². The fraction of sp³-hybridized carbons (Fsp3) is 0.269. The van der Waals surface area contributed by atoms with Crippen molar-refractivity contribution in [3.05, 3.63) is 67.0 Å². The Balaban J connectivity index is 1.17. The lowest BCUT2D eigenvalue weighted by Crippen LogP contribution is -2.46. The van der Waals surface area contributed by atoms with Crippen LogP contribution in [0.1, 0.15) is 47.9 Å². The van der Waals surface area contributed by atoms with Gasteiger partial charge in [-0.25, -0.2) is 15.0 Å². The lowest BCUT2D eigenvalue weighted by Gasteiger charge is -2.38. The summed E-state index contributed by atoms with van der Waals surface area (Å²) in [5.74, 6) is 1.21. The normalized spacial score (nSPS) is 21.1. The van der Waals surface area contributed by atoms with Crippen LogP contribution in [0, 0.1) is 0 Å². The molecule has 12 nitrogen and oxygen atoms in total. The van der Waals surface area contributed by atoms with Gasteiger partial charge in [0.25, 0.3) is 5.91 Å². The predicted octanol–water partition coefficient (Wildman–Crippen LogP) is 3.33. The minimum Gasteiger partial charge on any atom is -0.346 e. The van der Waals surface area contributed by atoms with Crippen LogP contribution in [0.25, 0.3) is 39.3 Å². The zero-order valence-electron chi connectivity index (χ0n) is 20.2. The maximum Gasteiger partial charge on any atom is 0.291 e. The Kier molecular flexibility index (Phi) is 4.51. The van der Waals surface area contributed by atoms with Crippen molar-refractivity contribution < 1.29 is 4.79 Å². The first-order chi connectivity index (χ1) is 18.7. The number of amides is 1. The largest absolute Gasteiger partial charge is 0.346 e. The average Bonchev–Trinajstić information content (AvgIpc) is 3.77. The van der Waals surface area contributed by atoms with Crippen LogP contribution in [0.15, 0.2) is 55.5 Å². The molecule has 2 unspecified atom stereocenters. The smallest absolute Gasteiger partial charge is 0.291 e. The van der Waals surface area contributed by atoms with E-state index >= 15 is 0 Å². The molecule has 8 rings (SSSR count). The van der Waals surface area contributed by atoms with Gasteiger partial charge in [0.15, 0.2) is 11.5 Å². The molecule has 8 heterocycles. The number of aromatic nitrogens is 10. The van der Waals surface area contributed by atoms with Crippen molar-refractivity contribution in [3.8, 4) is 22.6 Å². The number of hydrogen-bond acceptors (Lipinski definition) is 7. The average molecular weight is 506 g/mol. The summed E-state index contributed by atoms with van der Waals surface area (Å²) in [6.07, 6.45) is 14.2. The molecule has 188 valence electrons. The number of imidazole rings is 1. The molecule has 2 aliphatic heterocycles. The van der Waals surface area contributed by atoms with E-state index in [1.807, 2.05) is 40.1 Å². The number of nitrogens with one attached hydrogen (secondary N) is 3. The fourth-order valence-corrected chi connectivity index (χ4v) is 6.31. The summed E-state index contributed by atoms with van der Waals surface area (Å²) in [7, 11) is 0. The van der Waals surface area contributed by atoms with E-state index in [0.717, 1.165) is 70.7 Å². The van der Waals surface area contributed by atoms with Crippen molar-refractivity contribution in [2.45, 2.75) is 43.7 Å². The maximum absolute atomic E-state index is 13.1. The zero-order chi connectivity index (χ0) is 25.2. The maximum atomic E-state index is 13.1. The topological polar surface area (TPSA) is 149 Å². The highest BCUT2D eigenvalue weighted by Gasteiger charge is 2.45. The van der Waals surface area contributed by atoms with Crippen LogP contribution in [0.4, 0.5) is 0 Å². The zero-order valence-corrected chi connectivity index (χ0v) is 20.2. The Morgan fingerprint density at radius 1 is 0.974 bits per heavy atom. The van der Waals surface area contributed by atoms with E-state index in [1.165, 1.54) is 6.33 Å². The summed E-state index contributed by atoms with van der Waals surface area (Å²) in [5, 5.41) is 12.3. The molecular weight excluding hydrogens is 482 g/mol. The summed E-state index contributed by atoms with van der Waals surface area (Å²) in [4.78, 5) is 39.8. The van der Waals surface area contributed by atoms with E-state index in [9.17, 15) is 4.79 Å². The van der Waals surface area contributed by atoms with E-state index in [1.54, 1.807) is 12.4 Å². The quantitative estimate of drug-likeness (QED) is 0.333. The molecule has 2 bridgehead atoms. The lowest BCUT2D eigenvalue weighted by molar-refractivity contribution is 0.0558. The van der Waals surface area contributed by atoms with Crippen LogP contribution in [0.3, 0.4) is 0 Å². The van der Waals surface area contributed by atoms with Crippen molar-refractivity contribution in [2.75, 3.05) is 0 Å². The number of piperidine rings is 1. The molecule has 6 aromatic rings. The minimum atomic E-state index is -0.0628. The predicted molar refractivity (Wildman–Crippen MR) is 137 cm³/mol. The van der Waals surface area contributed by atoms with Crippen LogP contribution in [0.2, 0.25) is 0 Å². The molecule has 0 saturated carbocycles. The number of fused-ring (bicyclic) bond motifs is 5. The first-order valence-electron chi connectivity index (χ1n) is 12.7. The second-order valence-electron chi connectivity index (χ2n) is 10.0. The number of hydrogen-bond donors (Lipinski definition) is 3. The Hall–Kier alpha value is -4.87. The molecule has 1 amide bonds. The van der Waals surface area contributed by atoms with E-state index in [4.69, 9.17) is 4.98 Å². The van der Waals surface area contributed by atoms with Gasteiger partial charge in [-0.3, -0.25) is 14.9 Å². The number of aromatic amines is 3. The first kappa shape index (κ1) is 21.2. The van der Waals surface area contributed by atoms with Crippen molar-refractivity contribution in [1.29, 1.82) is 0 Å². The highest BCUT2D eigenvalue weighted by molar-refractivity contribution is 5.91. The molecule has 2 atom stereocenters. The highest BCUT2D eigenvalue weighted by atomic mass is 16.2. The highest BCUT2D eigenvalue weighted by Crippen LogP contribution is 2.45. The second kappa shape index (κ2) is 8.07. The van der Waals surface area contributed by atoms with Gasteiger partial charge in [-0.05, 0) is 37.8 Å². The van der Waals surface area contributed by atoms with Crippen molar-refractivity contribution in [3.63, 3.8) is 0 Å².